The maximum atomic E-state index is 12.3. The molecular weight excluding hydrogens is 258 g/mol. The molecule has 5 heteroatoms. The molecule has 1 amide bonds. The Labute approximate surface area is 117 Å². The first-order valence-electron chi connectivity index (χ1n) is 7.42. The highest BCUT2D eigenvalue weighted by Gasteiger charge is 3.13. The van der Waals surface area contributed by atoms with Gasteiger partial charge < -0.3 is 14.8 Å². The van der Waals surface area contributed by atoms with Crippen molar-refractivity contribution in [1.82, 2.24) is 5.32 Å². The van der Waals surface area contributed by atoms with Gasteiger partial charge in [0.05, 0.1) is 18.1 Å². The van der Waals surface area contributed by atoms with Crippen LogP contribution in [-0.4, -0.2) is 30.3 Å². The lowest BCUT2D eigenvalue weighted by Crippen LogP contribution is -3.17. The highest BCUT2D eigenvalue weighted by Crippen LogP contribution is 3.07. The van der Waals surface area contributed by atoms with Crippen molar-refractivity contribution < 1.29 is 19.1 Å². The van der Waals surface area contributed by atoms with Gasteiger partial charge in [-0.1, -0.05) is 0 Å². The maximum absolute atomic E-state index is 12.3. The minimum absolute atomic E-state index is 0.120. The summed E-state index contributed by atoms with van der Waals surface area (Å²) in [6.07, 6.45) is -0.392. The Hall–Kier alpha value is -1.26. The van der Waals surface area contributed by atoms with E-state index in [1.165, 1.54) is 7.11 Å². The van der Waals surface area contributed by atoms with E-state index >= 15 is 0 Å². The van der Waals surface area contributed by atoms with Crippen LogP contribution < -0.4 is 5.32 Å². The van der Waals surface area contributed by atoms with E-state index < -0.39 is 17.1 Å². The zero-order valence-corrected chi connectivity index (χ0v) is 12.1. The summed E-state index contributed by atoms with van der Waals surface area (Å²) in [5.74, 6) is 3.38. The molecule has 0 radical (unpaired) electrons. The van der Waals surface area contributed by atoms with Crippen LogP contribution in [0.4, 0.5) is 4.79 Å². The highest BCUT2D eigenvalue weighted by atomic mass is 16.6. The lowest BCUT2D eigenvalue weighted by atomic mass is 8.94. The molecule has 6 fully saturated rings. The summed E-state index contributed by atoms with van der Waals surface area (Å²) in [4.78, 5) is 24.4. The van der Waals surface area contributed by atoms with Crippen LogP contribution in [0.15, 0.2) is 0 Å². The fourth-order valence-electron chi connectivity index (χ4n) is 6.89. The molecule has 6 saturated carbocycles. The van der Waals surface area contributed by atoms with E-state index in [1.54, 1.807) is 0 Å². The van der Waals surface area contributed by atoms with Crippen LogP contribution in [0.1, 0.15) is 20.8 Å². The minimum atomic E-state index is -0.513. The number of methoxy groups -OCH3 is 1. The summed E-state index contributed by atoms with van der Waals surface area (Å²) in [5, 5.41) is 3.06. The first kappa shape index (κ1) is 11.4. The molecule has 0 saturated heterocycles. The van der Waals surface area contributed by atoms with Crippen molar-refractivity contribution in [2.75, 3.05) is 7.11 Å². The summed E-state index contributed by atoms with van der Waals surface area (Å²) in [6, 6.07) is 0. The molecule has 1 N–H and O–H groups in total. The number of ether oxygens (including phenoxy) is 2. The van der Waals surface area contributed by atoms with Crippen molar-refractivity contribution in [3.63, 3.8) is 0 Å². The lowest BCUT2D eigenvalue weighted by Gasteiger charge is -3.09. The van der Waals surface area contributed by atoms with E-state index in [-0.39, 0.29) is 11.5 Å². The van der Waals surface area contributed by atoms with Gasteiger partial charge in [0.25, 0.3) is 0 Å². The smallest absolute Gasteiger partial charge is 0.408 e. The number of amides is 1. The second-order valence-electron chi connectivity index (χ2n) is 8.11. The Morgan fingerprint density at radius 2 is 1.60 bits per heavy atom. The molecule has 108 valence electrons. The second kappa shape index (κ2) is 2.60. The molecule has 5 nitrogen and oxygen atoms in total. The Kier molecular flexibility index (Phi) is 1.48. The molecule has 0 heterocycles. The SMILES string of the molecule is COC(=O)C12C3C4C5C3C1(NC(=O)OC(C)(C)C)C5C42. The summed E-state index contributed by atoms with van der Waals surface area (Å²) in [5.41, 5.74) is -1.23. The third-order valence-electron chi connectivity index (χ3n) is 6.90. The van der Waals surface area contributed by atoms with Gasteiger partial charge in [-0.2, -0.15) is 0 Å². The van der Waals surface area contributed by atoms with Crippen LogP contribution in [0, 0.1) is 40.9 Å². The first-order valence-corrected chi connectivity index (χ1v) is 7.42. The fourth-order valence-corrected chi connectivity index (χ4v) is 6.89. The number of carbonyl (C=O) groups is 2. The van der Waals surface area contributed by atoms with E-state index in [2.05, 4.69) is 5.32 Å². The van der Waals surface area contributed by atoms with Crippen molar-refractivity contribution in [3.8, 4) is 0 Å². The molecule has 6 aliphatic carbocycles. The van der Waals surface area contributed by atoms with Crippen molar-refractivity contribution >= 4 is 12.1 Å². The number of carbonyl (C=O) groups excluding carboxylic acids is 2. The summed E-state index contributed by atoms with van der Waals surface area (Å²) < 4.78 is 10.4. The van der Waals surface area contributed by atoms with Gasteiger partial charge >= 0.3 is 12.1 Å². The van der Waals surface area contributed by atoms with E-state index in [4.69, 9.17) is 9.47 Å². The van der Waals surface area contributed by atoms with E-state index in [0.717, 1.165) is 11.8 Å². The zero-order valence-electron chi connectivity index (χ0n) is 12.1. The van der Waals surface area contributed by atoms with Gasteiger partial charge in [0, 0.05) is 0 Å². The molecule has 6 aliphatic rings. The second-order valence-corrected chi connectivity index (χ2v) is 8.11. The normalized spacial score (nSPS) is 57.8. The van der Waals surface area contributed by atoms with Crippen molar-refractivity contribution in [3.05, 3.63) is 0 Å². The third kappa shape index (κ3) is 0.686. The van der Waals surface area contributed by atoms with Gasteiger partial charge in [-0.3, -0.25) is 4.79 Å². The van der Waals surface area contributed by atoms with Crippen LogP contribution in [0.25, 0.3) is 0 Å². The molecule has 4 atom stereocenters. The van der Waals surface area contributed by atoms with Crippen molar-refractivity contribution in [2.24, 2.45) is 40.9 Å². The number of alkyl carbamates (subject to hydrolysis) is 1. The van der Waals surface area contributed by atoms with Gasteiger partial charge in [0.1, 0.15) is 5.60 Å². The van der Waals surface area contributed by atoms with Gasteiger partial charge in [0.2, 0.25) is 0 Å². The van der Waals surface area contributed by atoms with Crippen LogP contribution in [-0.2, 0) is 14.3 Å². The summed E-state index contributed by atoms with van der Waals surface area (Å²) >= 11 is 0. The van der Waals surface area contributed by atoms with Crippen LogP contribution in [0.3, 0.4) is 0 Å². The number of rotatable bonds is 2. The monoisotopic (exact) mass is 277 g/mol. The van der Waals surface area contributed by atoms with E-state index in [1.807, 2.05) is 20.8 Å². The Bertz CT molecular complexity index is 557. The molecule has 0 spiro atoms. The molecule has 4 unspecified atom stereocenters. The van der Waals surface area contributed by atoms with Gasteiger partial charge in [0.15, 0.2) is 0 Å². The predicted molar refractivity (Wildman–Crippen MR) is 67.5 cm³/mol. The van der Waals surface area contributed by atoms with Crippen molar-refractivity contribution in [2.45, 2.75) is 31.9 Å². The van der Waals surface area contributed by atoms with E-state index in [9.17, 15) is 9.59 Å². The van der Waals surface area contributed by atoms with Gasteiger partial charge in [-0.05, 0) is 56.3 Å². The topological polar surface area (TPSA) is 64.6 Å². The molecule has 0 aliphatic heterocycles. The highest BCUT2D eigenvalue weighted by molar-refractivity contribution is 5.92. The quantitative estimate of drug-likeness (QED) is 0.770. The Balaban J connectivity index is 1.42. The lowest BCUT2D eigenvalue weighted by molar-refractivity contribution is -0.610. The standard InChI is InChI=1S/C15H19NO4/c1-13(2,3)20-12(18)16-15-9-6-5-7(9)14(15,11(17)19-4)8(5)10(6)15/h5-10H,1-4H3,(H,16,18). The molecule has 20 heavy (non-hydrogen) atoms. The molecule has 0 aromatic rings. The first-order chi connectivity index (χ1) is 9.32. The molecule has 0 aromatic carbocycles. The average Bonchev–Trinajstić information content (AvgIpc) is 2.35. The molecular formula is C15H19NO4. The maximum Gasteiger partial charge on any atom is 0.408 e. The number of hydrogen-bond donors (Lipinski definition) is 1. The van der Waals surface area contributed by atoms with Crippen LogP contribution in [0.2, 0.25) is 0 Å². The van der Waals surface area contributed by atoms with Gasteiger partial charge in [-0.15, -0.1) is 0 Å². The minimum Gasteiger partial charge on any atom is -0.469 e. The van der Waals surface area contributed by atoms with Crippen molar-refractivity contribution in [1.29, 1.82) is 0 Å². The Morgan fingerprint density at radius 3 is 2.10 bits per heavy atom. The zero-order chi connectivity index (χ0) is 14.2. The fraction of sp³-hybridized carbons (Fsp3) is 0.867. The van der Waals surface area contributed by atoms with Crippen LogP contribution in [0.5, 0.6) is 0 Å². The van der Waals surface area contributed by atoms with Gasteiger partial charge in [-0.25, -0.2) is 4.79 Å². The summed E-state index contributed by atoms with van der Waals surface area (Å²) in [7, 11) is 1.45. The molecule has 0 aromatic heterocycles. The predicted octanol–water partition coefficient (Wildman–Crippen LogP) is 1.17. The Morgan fingerprint density at radius 1 is 1.05 bits per heavy atom. The van der Waals surface area contributed by atoms with E-state index in [0.29, 0.717) is 23.7 Å². The van der Waals surface area contributed by atoms with Crippen LogP contribution >= 0.6 is 0 Å². The largest absolute Gasteiger partial charge is 0.469 e. The third-order valence-corrected chi connectivity index (χ3v) is 6.90. The number of nitrogens with one attached hydrogen (secondary N) is 1. The average molecular weight is 277 g/mol. The number of hydrogen-bond acceptors (Lipinski definition) is 4. The number of esters is 1. The molecule has 0 bridgehead atoms. The molecule has 6 rings (SSSR count). The summed E-state index contributed by atoms with van der Waals surface area (Å²) in [6.45, 7) is 5.55.